The van der Waals surface area contributed by atoms with Crippen LogP contribution in [0.4, 0.5) is 0 Å². The van der Waals surface area contributed by atoms with Crippen molar-refractivity contribution in [1.82, 2.24) is 20.3 Å². The monoisotopic (exact) mass is 242 g/mol. The summed E-state index contributed by atoms with van der Waals surface area (Å²) >= 11 is 0. The first-order chi connectivity index (χ1) is 8.81. The van der Waals surface area contributed by atoms with Crippen molar-refractivity contribution in [2.75, 3.05) is 6.54 Å². The van der Waals surface area contributed by atoms with Crippen molar-refractivity contribution in [2.24, 2.45) is 0 Å². The van der Waals surface area contributed by atoms with Crippen molar-refractivity contribution < 1.29 is 0 Å². The van der Waals surface area contributed by atoms with Crippen molar-refractivity contribution >= 4 is 0 Å². The van der Waals surface area contributed by atoms with Crippen molar-refractivity contribution in [3.8, 4) is 11.3 Å². The second-order valence-corrected chi connectivity index (χ2v) is 4.91. The van der Waals surface area contributed by atoms with Gasteiger partial charge in [0.1, 0.15) is 5.82 Å². The zero-order valence-corrected chi connectivity index (χ0v) is 10.6. The number of rotatable bonds is 3. The lowest BCUT2D eigenvalue weighted by molar-refractivity contribution is 0.584. The third-order valence-electron chi connectivity index (χ3n) is 3.39. The molecule has 1 atom stereocenters. The Hall–Kier alpha value is -1.68. The summed E-state index contributed by atoms with van der Waals surface area (Å²) in [5.41, 5.74) is 3.17. The fourth-order valence-corrected chi connectivity index (χ4v) is 2.50. The number of hydrogen-bond acceptors (Lipinski definition) is 3. The third kappa shape index (κ3) is 2.43. The molecule has 3 rings (SSSR count). The summed E-state index contributed by atoms with van der Waals surface area (Å²) in [4.78, 5) is 12.3. The Balaban J connectivity index is 1.86. The van der Waals surface area contributed by atoms with Crippen molar-refractivity contribution in [3.05, 3.63) is 36.0 Å². The molecule has 3 heterocycles. The minimum atomic E-state index is 0.547. The Morgan fingerprint density at radius 1 is 1.39 bits per heavy atom. The van der Waals surface area contributed by atoms with Crippen LogP contribution < -0.4 is 5.32 Å². The summed E-state index contributed by atoms with van der Waals surface area (Å²) in [6.07, 6.45) is 7.32. The van der Waals surface area contributed by atoms with Crippen LogP contribution in [0.15, 0.2) is 24.5 Å². The maximum Gasteiger partial charge on any atom is 0.130 e. The van der Waals surface area contributed by atoms with Crippen LogP contribution >= 0.6 is 0 Å². The summed E-state index contributed by atoms with van der Waals surface area (Å²) in [5, 5.41) is 3.49. The highest BCUT2D eigenvalue weighted by molar-refractivity contribution is 5.58. The van der Waals surface area contributed by atoms with Gasteiger partial charge in [0.15, 0.2) is 0 Å². The van der Waals surface area contributed by atoms with Crippen LogP contribution in [0.25, 0.3) is 11.3 Å². The smallest absolute Gasteiger partial charge is 0.130 e. The summed E-state index contributed by atoms with van der Waals surface area (Å²) < 4.78 is 0. The molecule has 4 heteroatoms. The molecule has 0 aromatic carbocycles. The topological polar surface area (TPSA) is 53.6 Å². The van der Waals surface area contributed by atoms with E-state index in [-0.39, 0.29) is 0 Å². The highest BCUT2D eigenvalue weighted by Crippen LogP contribution is 2.18. The van der Waals surface area contributed by atoms with Crippen LogP contribution in [-0.4, -0.2) is 27.5 Å². The van der Waals surface area contributed by atoms with Crippen LogP contribution in [0.3, 0.4) is 0 Å². The summed E-state index contributed by atoms with van der Waals surface area (Å²) in [6, 6.07) is 4.62. The predicted molar refractivity (Wildman–Crippen MR) is 71.3 cm³/mol. The zero-order valence-electron chi connectivity index (χ0n) is 10.6. The molecular formula is C14H18N4. The summed E-state index contributed by atoms with van der Waals surface area (Å²) in [7, 11) is 0. The van der Waals surface area contributed by atoms with Crippen molar-refractivity contribution in [1.29, 1.82) is 0 Å². The molecule has 1 aliphatic rings. The van der Waals surface area contributed by atoms with E-state index in [0.29, 0.717) is 6.04 Å². The minimum absolute atomic E-state index is 0.547. The summed E-state index contributed by atoms with van der Waals surface area (Å²) in [6.45, 7) is 3.16. The maximum atomic E-state index is 4.67. The average molecular weight is 242 g/mol. The molecule has 1 fully saturated rings. The van der Waals surface area contributed by atoms with Gasteiger partial charge in [-0.25, -0.2) is 9.97 Å². The predicted octanol–water partition coefficient (Wildman–Crippen LogP) is 2.07. The lowest BCUT2D eigenvalue weighted by Gasteiger charge is -2.10. The number of nitrogens with zero attached hydrogens (tertiary/aromatic N) is 2. The van der Waals surface area contributed by atoms with Crippen LogP contribution in [0.1, 0.15) is 24.4 Å². The van der Waals surface area contributed by atoms with E-state index in [1.54, 1.807) is 0 Å². The molecule has 0 amide bonds. The number of aryl methyl sites for hydroxylation is 1. The number of nitrogens with one attached hydrogen (secondary N) is 2. The summed E-state index contributed by atoms with van der Waals surface area (Å²) in [5.74, 6) is 0.950. The lowest BCUT2D eigenvalue weighted by Crippen LogP contribution is -2.24. The second-order valence-electron chi connectivity index (χ2n) is 4.91. The number of hydrogen-bond donors (Lipinski definition) is 2. The molecule has 94 valence electrons. The number of aromatic nitrogens is 3. The van der Waals surface area contributed by atoms with Gasteiger partial charge < -0.3 is 10.3 Å². The molecule has 0 radical (unpaired) electrons. The van der Waals surface area contributed by atoms with E-state index in [1.807, 2.05) is 31.5 Å². The fourth-order valence-electron chi connectivity index (χ4n) is 2.50. The minimum Gasteiger partial charge on any atom is -0.367 e. The van der Waals surface area contributed by atoms with Crippen molar-refractivity contribution in [3.63, 3.8) is 0 Å². The van der Waals surface area contributed by atoms with Gasteiger partial charge in [-0.1, -0.05) is 0 Å². The van der Waals surface area contributed by atoms with E-state index in [2.05, 4.69) is 20.3 Å². The van der Waals surface area contributed by atoms with Gasteiger partial charge in [-0.3, -0.25) is 0 Å². The number of H-pyrrole nitrogens is 1. The Bertz CT molecular complexity index is 513. The molecule has 0 saturated carbocycles. The molecular weight excluding hydrogens is 224 g/mol. The maximum absolute atomic E-state index is 4.67. The highest BCUT2D eigenvalue weighted by Gasteiger charge is 2.16. The standard InChI is InChI=1S/C14H18N4/c1-10-7-13(11-4-6-15-9-11)18-14(17-10)8-12-3-2-5-16-12/h4,6-7,9,12,15-16H,2-3,5,8H2,1H3. The highest BCUT2D eigenvalue weighted by atomic mass is 15.0. The Morgan fingerprint density at radius 2 is 2.33 bits per heavy atom. The van der Waals surface area contributed by atoms with E-state index >= 15 is 0 Å². The molecule has 0 bridgehead atoms. The van der Waals surface area contributed by atoms with Gasteiger partial charge in [0.2, 0.25) is 0 Å². The van der Waals surface area contributed by atoms with Crippen LogP contribution in [0.5, 0.6) is 0 Å². The van der Waals surface area contributed by atoms with E-state index in [1.165, 1.54) is 12.8 Å². The van der Waals surface area contributed by atoms with E-state index in [4.69, 9.17) is 0 Å². The van der Waals surface area contributed by atoms with Gasteiger partial charge in [0, 0.05) is 36.1 Å². The van der Waals surface area contributed by atoms with Gasteiger partial charge in [-0.05, 0) is 38.4 Å². The quantitative estimate of drug-likeness (QED) is 0.866. The van der Waals surface area contributed by atoms with Crippen molar-refractivity contribution in [2.45, 2.75) is 32.2 Å². The first-order valence-electron chi connectivity index (χ1n) is 6.52. The Kier molecular flexibility index (Phi) is 3.11. The SMILES string of the molecule is Cc1cc(-c2cc[nH]c2)nc(CC2CCCN2)n1. The molecule has 18 heavy (non-hydrogen) atoms. The third-order valence-corrected chi connectivity index (χ3v) is 3.39. The molecule has 1 unspecified atom stereocenters. The molecule has 1 aliphatic heterocycles. The number of aromatic amines is 1. The normalized spacial score (nSPS) is 19.3. The van der Waals surface area contributed by atoms with E-state index in [0.717, 1.165) is 35.7 Å². The lowest BCUT2D eigenvalue weighted by atomic mass is 10.1. The zero-order chi connectivity index (χ0) is 12.4. The fraction of sp³-hybridized carbons (Fsp3) is 0.429. The largest absolute Gasteiger partial charge is 0.367 e. The van der Waals surface area contributed by atoms with Gasteiger partial charge in [0.05, 0.1) is 5.69 Å². The van der Waals surface area contributed by atoms with E-state index in [9.17, 15) is 0 Å². The Morgan fingerprint density at radius 3 is 3.06 bits per heavy atom. The Labute approximate surface area is 107 Å². The van der Waals surface area contributed by atoms with Gasteiger partial charge in [0.25, 0.3) is 0 Å². The van der Waals surface area contributed by atoms with Gasteiger partial charge in [-0.15, -0.1) is 0 Å². The van der Waals surface area contributed by atoms with Crippen LogP contribution in [0.2, 0.25) is 0 Å². The van der Waals surface area contributed by atoms with E-state index < -0.39 is 0 Å². The average Bonchev–Trinajstić information content (AvgIpc) is 3.00. The molecule has 1 saturated heterocycles. The molecule has 2 aromatic heterocycles. The molecule has 2 aromatic rings. The second kappa shape index (κ2) is 4.90. The first-order valence-corrected chi connectivity index (χ1v) is 6.52. The molecule has 4 nitrogen and oxygen atoms in total. The molecule has 0 aliphatic carbocycles. The molecule has 0 spiro atoms. The van der Waals surface area contributed by atoms with Gasteiger partial charge in [-0.2, -0.15) is 0 Å². The molecule has 2 N–H and O–H groups in total. The van der Waals surface area contributed by atoms with Gasteiger partial charge >= 0.3 is 0 Å². The first kappa shape index (κ1) is 11.4. The van der Waals surface area contributed by atoms with Crippen LogP contribution in [0, 0.1) is 6.92 Å². The van der Waals surface area contributed by atoms with Crippen LogP contribution in [-0.2, 0) is 6.42 Å².